The third kappa shape index (κ3) is 3.99. The molecule has 1 atom stereocenters. The maximum Gasteiger partial charge on any atom is 0.237 e. The third-order valence-corrected chi connectivity index (χ3v) is 5.37. The van der Waals surface area contributed by atoms with Crippen LogP contribution in [0.15, 0.2) is 40.1 Å². The molecule has 0 saturated heterocycles. The summed E-state index contributed by atoms with van der Waals surface area (Å²) in [6.45, 7) is 3.69. The number of thioether (sulfide) groups is 1. The lowest BCUT2D eigenvalue weighted by Crippen LogP contribution is -2.22. The van der Waals surface area contributed by atoms with Crippen molar-refractivity contribution >= 4 is 23.4 Å². The molecule has 1 N–H and O–H groups in total. The van der Waals surface area contributed by atoms with E-state index in [4.69, 9.17) is 13.9 Å². The van der Waals surface area contributed by atoms with Crippen LogP contribution in [-0.4, -0.2) is 40.1 Å². The zero-order valence-corrected chi connectivity index (χ0v) is 17.2. The van der Waals surface area contributed by atoms with Crippen molar-refractivity contribution in [2.45, 2.75) is 24.3 Å². The number of hydrogen-bond donors (Lipinski definition) is 1. The summed E-state index contributed by atoms with van der Waals surface area (Å²) in [5, 5.41) is 11.6. The molecule has 1 unspecified atom stereocenters. The Morgan fingerprint density at radius 2 is 1.96 bits per heavy atom. The number of rotatable bonds is 7. The quantitative estimate of drug-likeness (QED) is 0.605. The van der Waals surface area contributed by atoms with E-state index in [9.17, 15) is 4.79 Å². The van der Waals surface area contributed by atoms with E-state index >= 15 is 0 Å². The number of ether oxygens (including phenoxy) is 2. The second-order valence-corrected chi connectivity index (χ2v) is 7.38. The molecule has 0 aliphatic rings. The van der Waals surface area contributed by atoms with Crippen molar-refractivity contribution in [2.75, 3.05) is 19.5 Å². The van der Waals surface area contributed by atoms with Crippen LogP contribution in [0.2, 0.25) is 0 Å². The molecule has 0 spiro atoms. The number of hydrogen-bond acceptors (Lipinski definition) is 7. The summed E-state index contributed by atoms with van der Waals surface area (Å²) in [4.78, 5) is 12.6. The second-order valence-electron chi connectivity index (χ2n) is 6.07. The fourth-order valence-corrected chi connectivity index (χ4v) is 3.45. The Balaban J connectivity index is 1.70. The summed E-state index contributed by atoms with van der Waals surface area (Å²) < 4.78 is 17.7. The molecule has 3 aromatic rings. The number of amides is 1. The van der Waals surface area contributed by atoms with Crippen LogP contribution in [0.4, 0.5) is 5.69 Å². The maximum atomic E-state index is 12.6. The topological polar surface area (TPSA) is 91.4 Å². The van der Waals surface area contributed by atoms with Gasteiger partial charge in [-0.05, 0) is 32.0 Å². The molecule has 0 aliphatic carbocycles. The molecule has 2 aromatic heterocycles. The lowest BCUT2D eigenvalue weighted by atomic mass is 10.2. The van der Waals surface area contributed by atoms with Gasteiger partial charge in [-0.25, -0.2) is 0 Å². The van der Waals surface area contributed by atoms with Gasteiger partial charge in [-0.2, -0.15) is 0 Å². The van der Waals surface area contributed by atoms with Crippen LogP contribution in [0.1, 0.15) is 12.7 Å². The molecule has 0 aliphatic heterocycles. The number of nitrogens with one attached hydrogen (secondary N) is 1. The van der Waals surface area contributed by atoms with Crippen molar-refractivity contribution in [1.82, 2.24) is 14.8 Å². The lowest BCUT2D eigenvalue weighted by molar-refractivity contribution is -0.115. The van der Waals surface area contributed by atoms with E-state index in [-0.39, 0.29) is 11.2 Å². The molecular weight excluding hydrogens is 380 g/mol. The highest BCUT2D eigenvalue weighted by atomic mass is 32.2. The molecule has 8 nitrogen and oxygen atoms in total. The van der Waals surface area contributed by atoms with Crippen molar-refractivity contribution in [1.29, 1.82) is 0 Å². The number of carbonyl (C=O) groups is 1. The summed E-state index contributed by atoms with van der Waals surface area (Å²) in [7, 11) is 4.98. The van der Waals surface area contributed by atoms with Gasteiger partial charge in [0, 0.05) is 18.8 Å². The van der Waals surface area contributed by atoms with E-state index in [1.165, 1.54) is 11.8 Å². The molecule has 148 valence electrons. The van der Waals surface area contributed by atoms with E-state index in [1.807, 2.05) is 31.5 Å². The van der Waals surface area contributed by atoms with Gasteiger partial charge in [-0.1, -0.05) is 11.8 Å². The predicted octanol–water partition coefficient (Wildman–Crippen LogP) is 3.52. The summed E-state index contributed by atoms with van der Waals surface area (Å²) in [6, 6.07) is 7.07. The van der Waals surface area contributed by atoms with Crippen LogP contribution in [-0.2, 0) is 11.8 Å². The van der Waals surface area contributed by atoms with Crippen molar-refractivity contribution in [3.05, 3.63) is 36.3 Å². The van der Waals surface area contributed by atoms with Crippen molar-refractivity contribution in [3.8, 4) is 22.9 Å². The minimum Gasteiger partial charge on any atom is -0.493 e. The fourth-order valence-electron chi connectivity index (χ4n) is 2.64. The van der Waals surface area contributed by atoms with Crippen LogP contribution in [0.5, 0.6) is 11.5 Å². The van der Waals surface area contributed by atoms with Gasteiger partial charge in [0.25, 0.3) is 0 Å². The number of benzene rings is 1. The molecule has 3 rings (SSSR count). The zero-order chi connectivity index (χ0) is 20.3. The molecule has 9 heteroatoms. The summed E-state index contributed by atoms with van der Waals surface area (Å²) in [5.41, 5.74) is 1.51. The van der Waals surface area contributed by atoms with E-state index < -0.39 is 0 Å². The summed E-state index contributed by atoms with van der Waals surface area (Å²) in [5.74, 6) is 2.46. The van der Waals surface area contributed by atoms with Gasteiger partial charge in [0.2, 0.25) is 5.91 Å². The number of nitrogens with zero attached hydrogens (tertiary/aromatic N) is 3. The minimum absolute atomic E-state index is 0.152. The van der Waals surface area contributed by atoms with Crippen molar-refractivity contribution < 1.29 is 18.7 Å². The second kappa shape index (κ2) is 8.39. The van der Waals surface area contributed by atoms with Crippen LogP contribution >= 0.6 is 11.8 Å². The lowest BCUT2D eigenvalue weighted by Gasteiger charge is -2.13. The van der Waals surface area contributed by atoms with Gasteiger partial charge in [0.05, 0.1) is 31.3 Å². The number of anilines is 1. The van der Waals surface area contributed by atoms with E-state index in [0.29, 0.717) is 28.2 Å². The van der Waals surface area contributed by atoms with Gasteiger partial charge >= 0.3 is 0 Å². The van der Waals surface area contributed by atoms with Gasteiger partial charge in [0.1, 0.15) is 5.76 Å². The standard InChI is InChI=1S/C19H22N4O4S/c1-11-14(8-9-27-11)17-21-22-19(23(17)3)28-12(2)18(24)20-13-6-7-15(25-4)16(10-13)26-5/h6-10,12H,1-5H3,(H,20,24). The number of carbonyl (C=O) groups excluding carboxylic acids is 1. The Morgan fingerprint density at radius 1 is 1.21 bits per heavy atom. The van der Waals surface area contributed by atoms with E-state index in [2.05, 4.69) is 15.5 Å². The Hall–Kier alpha value is -2.94. The van der Waals surface area contributed by atoms with Crippen LogP contribution in [0.25, 0.3) is 11.4 Å². The van der Waals surface area contributed by atoms with Gasteiger partial charge < -0.3 is 23.8 Å². The first-order valence-corrected chi connectivity index (χ1v) is 9.46. The van der Waals surface area contributed by atoms with Gasteiger partial charge in [-0.3, -0.25) is 4.79 Å². The molecule has 0 saturated carbocycles. The Labute approximate surface area is 167 Å². The van der Waals surface area contributed by atoms with E-state index in [1.54, 1.807) is 38.7 Å². The first kappa shape index (κ1) is 19.8. The third-order valence-electron chi connectivity index (χ3n) is 4.24. The molecule has 0 radical (unpaired) electrons. The molecule has 2 heterocycles. The van der Waals surface area contributed by atoms with E-state index in [0.717, 1.165) is 11.3 Å². The molecule has 0 fully saturated rings. The SMILES string of the molecule is COc1ccc(NC(=O)C(C)Sc2nnc(-c3ccoc3C)n2C)cc1OC. The van der Waals surface area contributed by atoms with Crippen LogP contribution in [0, 0.1) is 6.92 Å². The molecule has 0 bridgehead atoms. The number of aromatic nitrogens is 3. The smallest absolute Gasteiger partial charge is 0.237 e. The zero-order valence-electron chi connectivity index (χ0n) is 16.3. The Morgan fingerprint density at radius 3 is 2.61 bits per heavy atom. The van der Waals surface area contributed by atoms with Crippen LogP contribution < -0.4 is 14.8 Å². The highest BCUT2D eigenvalue weighted by Gasteiger charge is 2.21. The largest absolute Gasteiger partial charge is 0.493 e. The highest BCUT2D eigenvalue weighted by Crippen LogP contribution is 2.31. The normalized spacial score (nSPS) is 11.9. The molecule has 1 aromatic carbocycles. The number of furan rings is 1. The van der Waals surface area contributed by atoms with Gasteiger partial charge in [-0.15, -0.1) is 10.2 Å². The van der Waals surface area contributed by atoms with Crippen molar-refractivity contribution in [2.24, 2.45) is 7.05 Å². The highest BCUT2D eigenvalue weighted by molar-refractivity contribution is 8.00. The molecule has 28 heavy (non-hydrogen) atoms. The maximum absolute atomic E-state index is 12.6. The Kier molecular flexibility index (Phi) is 5.93. The first-order chi connectivity index (χ1) is 13.4. The average molecular weight is 402 g/mol. The monoisotopic (exact) mass is 402 g/mol. The van der Waals surface area contributed by atoms with Crippen LogP contribution in [0.3, 0.4) is 0 Å². The molecule has 1 amide bonds. The summed E-state index contributed by atoms with van der Waals surface area (Å²) >= 11 is 1.33. The van der Waals surface area contributed by atoms with Crippen molar-refractivity contribution in [3.63, 3.8) is 0 Å². The molecular formula is C19H22N4O4S. The Bertz CT molecular complexity index is 982. The predicted molar refractivity (Wildman–Crippen MR) is 107 cm³/mol. The number of aryl methyl sites for hydroxylation is 1. The fraction of sp³-hybridized carbons (Fsp3) is 0.316. The average Bonchev–Trinajstić information content (AvgIpc) is 3.27. The van der Waals surface area contributed by atoms with Gasteiger partial charge in [0.15, 0.2) is 22.5 Å². The summed E-state index contributed by atoms with van der Waals surface area (Å²) in [6.07, 6.45) is 1.62. The first-order valence-electron chi connectivity index (χ1n) is 8.58. The number of methoxy groups -OCH3 is 2. The minimum atomic E-state index is -0.380.